The minimum absolute atomic E-state index is 0.372. The van der Waals surface area contributed by atoms with E-state index in [9.17, 15) is 9.59 Å². The van der Waals surface area contributed by atoms with Gasteiger partial charge in [0.05, 0.1) is 16.8 Å². The Balaban J connectivity index is 1.55. The summed E-state index contributed by atoms with van der Waals surface area (Å²) in [5, 5.41) is 3.41. The minimum Gasteiger partial charge on any atom is -0.452 e. The summed E-state index contributed by atoms with van der Waals surface area (Å²) in [7, 11) is 0. The number of ether oxygens (including phenoxy) is 1. The summed E-state index contributed by atoms with van der Waals surface area (Å²) >= 11 is 0. The molecule has 4 rings (SSSR count). The summed E-state index contributed by atoms with van der Waals surface area (Å²) in [6.07, 6.45) is 0. The van der Waals surface area contributed by atoms with Crippen LogP contribution in [0.5, 0.6) is 0 Å². The smallest absolute Gasteiger partial charge is 0.339 e. The first-order chi connectivity index (χ1) is 15.0. The molecule has 0 spiro atoms. The van der Waals surface area contributed by atoms with E-state index >= 15 is 0 Å². The van der Waals surface area contributed by atoms with Gasteiger partial charge >= 0.3 is 5.97 Å². The molecule has 31 heavy (non-hydrogen) atoms. The fourth-order valence-corrected chi connectivity index (χ4v) is 3.26. The number of para-hydroxylation sites is 1. The molecule has 154 valence electrons. The molecular weight excluding hydrogens is 388 g/mol. The first-order valence-electron chi connectivity index (χ1n) is 10.00. The van der Waals surface area contributed by atoms with Gasteiger partial charge in [-0.1, -0.05) is 65.7 Å². The second-order valence-electron chi connectivity index (χ2n) is 7.43. The molecule has 4 aromatic rings. The van der Waals surface area contributed by atoms with Crippen molar-refractivity contribution in [2.75, 3.05) is 11.9 Å². The molecule has 0 saturated heterocycles. The Morgan fingerprint density at radius 2 is 1.52 bits per heavy atom. The van der Waals surface area contributed by atoms with Crippen molar-refractivity contribution in [3.63, 3.8) is 0 Å². The number of carbonyl (C=O) groups excluding carboxylic acids is 2. The predicted octanol–water partition coefficient (Wildman–Crippen LogP) is 5.31. The van der Waals surface area contributed by atoms with Crippen LogP contribution < -0.4 is 5.32 Å². The van der Waals surface area contributed by atoms with Crippen molar-refractivity contribution >= 4 is 28.5 Å². The maximum Gasteiger partial charge on any atom is 0.339 e. The van der Waals surface area contributed by atoms with E-state index in [0.29, 0.717) is 27.8 Å². The van der Waals surface area contributed by atoms with Crippen molar-refractivity contribution in [1.82, 2.24) is 4.98 Å². The van der Waals surface area contributed by atoms with Crippen LogP contribution in [0, 0.1) is 13.8 Å². The van der Waals surface area contributed by atoms with Gasteiger partial charge in [0.25, 0.3) is 5.91 Å². The zero-order valence-corrected chi connectivity index (χ0v) is 17.4. The zero-order chi connectivity index (χ0) is 21.8. The van der Waals surface area contributed by atoms with Crippen LogP contribution in [0.2, 0.25) is 0 Å². The molecule has 0 unspecified atom stereocenters. The Morgan fingerprint density at radius 3 is 2.23 bits per heavy atom. The van der Waals surface area contributed by atoms with Crippen LogP contribution >= 0.6 is 0 Å². The number of amides is 1. The van der Waals surface area contributed by atoms with Gasteiger partial charge in [-0.3, -0.25) is 4.79 Å². The maximum absolute atomic E-state index is 12.9. The van der Waals surface area contributed by atoms with E-state index in [2.05, 4.69) is 10.3 Å². The van der Waals surface area contributed by atoms with Crippen LogP contribution in [0.1, 0.15) is 21.5 Å². The largest absolute Gasteiger partial charge is 0.452 e. The van der Waals surface area contributed by atoms with Crippen LogP contribution in [0.4, 0.5) is 5.69 Å². The fraction of sp³-hybridized carbons (Fsp3) is 0.115. The van der Waals surface area contributed by atoms with Crippen molar-refractivity contribution in [2.24, 2.45) is 0 Å². The minimum atomic E-state index is -0.564. The van der Waals surface area contributed by atoms with Crippen LogP contribution in [0.25, 0.3) is 22.2 Å². The molecule has 0 fully saturated rings. The summed E-state index contributed by atoms with van der Waals surface area (Å²) in [4.78, 5) is 29.8. The van der Waals surface area contributed by atoms with Crippen LogP contribution in [-0.4, -0.2) is 23.5 Å². The van der Waals surface area contributed by atoms with E-state index in [4.69, 9.17) is 4.74 Å². The number of hydrogen-bond donors (Lipinski definition) is 1. The molecule has 1 heterocycles. The number of anilines is 1. The summed E-state index contributed by atoms with van der Waals surface area (Å²) < 4.78 is 5.33. The van der Waals surface area contributed by atoms with Crippen LogP contribution in [0.15, 0.2) is 78.9 Å². The molecule has 0 bridgehead atoms. The maximum atomic E-state index is 12.9. The van der Waals surface area contributed by atoms with Gasteiger partial charge in [-0.05, 0) is 38.1 Å². The third-order valence-electron chi connectivity index (χ3n) is 4.95. The lowest BCUT2D eigenvalue weighted by Gasteiger charge is -2.11. The van der Waals surface area contributed by atoms with Crippen molar-refractivity contribution in [2.45, 2.75) is 13.8 Å². The average molecular weight is 410 g/mol. The highest BCUT2D eigenvalue weighted by Crippen LogP contribution is 2.25. The van der Waals surface area contributed by atoms with Gasteiger partial charge in [-0.15, -0.1) is 0 Å². The molecular formula is C26H22N2O3. The third kappa shape index (κ3) is 4.78. The number of aromatic nitrogens is 1. The monoisotopic (exact) mass is 410 g/mol. The highest BCUT2D eigenvalue weighted by Gasteiger charge is 2.16. The SMILES string of the molecule is Cc1ccc(NC(=O)COC(=O)c2cc(-c3ccc(C)cc3)nc3ccccc23)cc1. The standard InChI is InChI=1S/C26H22N2O3/c1-17-7-11-19(12-8-17)24-15-22(21-5-3-4-6-23(21)28-24)26(30)31-16-25(29)27-20-13-9-18(2)10-14-20/h3-15H,16H2,1-2H3,(H,27,29). The molecule has 5 heteroatoms. The molecule has 0 aliphatic carbocycles. The Bertz CT molecular complexity index is 1250. The van der Waals surface area contributed by atoms with Crippen molar-refractivity contribution in [3.05, 3.63) is 95.6 Å². The number of hydrogen-bond acceptors (Lipinski definition) is 4. The number of nitrogens with one attached hydrogen (secondary N) is 1. The highest BCUT2D eigenvalue weighted by atomic mass is 16.5. The van der Waals surface area contributed by atoms with Gasteiger partial charge in [0.15, 0.2) is 6.61 Å². The molecule has 0 aliphatic heterocycles. The van der Waals surface area contributed by atoms with E-state index in [1.807, 2.05) is 74.5 Å². The normalized spacial score (nSPS) is 10.6. The molecule has 0 aliphatic rings. The van der Waals surface area contributed by atoms with E-state index in [1.54, 1.807) is 18.2 Å². The van der Waals surface area contributed by atoms with Gasteiger partial charge in [0.2, 0.25) is 0 Å². The molecule has 0 saturated carbocycles. The number of fused-ring (bicyclic) bond motifs is 1. The van der Waals surface area contributed by atoms with Crippen LogP contribution in [0.3, 0.4) is 0 Å². The lowest BCUT2D eigenvalue weighted by atomic mass is 10.0. The third-order valence-corrected chi connectivity index (χ3v) is 4.95. The molecule has 0 atom stereocenters. The number of nitrogens with zero attached hydrogens (tertiary/aromatic N) is 1. The number of benzene rings is 3. The zero-order valence-electron chi connectivity index (χ0n) is 17.4. The number of esters is 1. The Kier molecular flexibility index (Phi) is 5.76. The first kappa shape index (κ1) is 20.3. The summed E-state index contributed by atoms with van der Waals surface area (Å²) in [6.45, 7) is 3.61. The van der Waals surface area contributed by atoms with Crippen LogP contribution in [-0.2, 0) is 9.53 Å². The van der Waals surface area contributed by atoms with Gasteiger partial charge in [-0.25, -0.2) is 9.78 Å². The molecule has 3 aromatic carbocycles. The van der Waals surface area contributed by atoms with E-state index in [-0.39, 0.29) is 6.61 Å². The topological polar surface area (TPSA) is 68.3 Å². The predicted molar refractivity (Wildman–Crippen MR) is 122 cm³/mol. The van der Waals surface area contributed by atoms with Crippen molar-refractivity contribution in [3.8, 4) is 11.3 Å². The van der Waals surface area contributed by atoms with Gasteiger partial charge in [0.1, 0.15) is 0 Å². The Labute approximate surface area is 180 Å². The second-order valence-corrected chi connectivity index (χ2v) is 7.43. The summed E-state index contributed by atoms with van der Waals surface area (Å²) in [6, 6.07) is 24.5. The number of pyridine rings is 1. The van der Waals surface area contributed by atoms with E-state index in [0.717, 1.165) is 16.7 Å². The quantitative estimate of drug-likeness (QED) is 0.453. The fourth-order valence-electron chi connectivity index (χ4n) is 3.26. The van der Waals surface area contributed by atoms with Crippen molar-refractivity contribution < 1.29 is 14.3 Å². The molecule has 1 N–H and O–H groups in total. The highest BCUT2D eigenvalue weighted by molar-refractivity contribution is 6.05. The lowest BCUT2D eigenvalue weighted by molar-refractivity contribution is -0.119. The first-order valence-corrected chi connectivity index (χ1v) is 10.00. The molecule has 1 aromatic heterocycles. The average Bonchev–Trinajstić information content (AvgIpc) is 2.79. The lowest BCUT2D eigenvalue weighted by Crippen LogP contribution is -2.21. The van der Waals surface area contributed by atoms with Gasteiger partial charge in [0, 0.05) is 16.6 Å². The summed E-state index contributed by atoms with van der Waals surface area (Å²) in [5.41, 5.74) is 5.54. The second kappa shape index (κ2) is 8.79. The molecule has 5 nitrogen and oxygen atoms in total. The van der Waals surface area contributed by atoms with Gasteiger partial charge < -0.3 is 10.1 Å². The van der Waals surface area contributed by atoms with E-state index in [1.165, 1.54) is 0 Å². The van der Waals surface area contributed by atoms with Crippen molar-refractivity contribution in [1.29, 1.82) is 0 Å². The number of aryl methyl sites for hydroxylation is 2. The summed E-state index contributed by atoms with van der Waals surface area (Å²) in [5.74, 6) is -0.958. The number of carbonyl (C=O) groups is 2. The number of rotatable bonds is 5. The van der Waals surface area contributed by atoms with E-state index < -0.39 is 11.9 Å². The van der Waals surface area contributed by atoms with Gasteiger partial charge in [-0.2, -0.15) is 0 Å². The Morgan fingerprint density at radius 1 is 0.871 bits per heavy atom. The molecule has 0 radical (unpaired) electrons. The molecule has 1 amide bonds. The Hall–Kier alpha value is -3.99.